The summed E-state index contributed by atoms with van der Waals surface area (Å²) in [7, 11) is 0. The maximum absolute atomic E-state index is 13.0. The first-order chi connectivity index (χ1) is 11.7. The van der Waals surface area contributed by atoms with E-state index in [9.17, 15) is 4.79 Å². The number of rotatable bonds is 3. The minimum absolute atomic E-state index is 0.0206. The second-order valence-electron chi connectivity index (χ2n) is 6.48. The van der Waals surface area contributed by atoms with Gasteiger partial charge in [0.05, 0.1) is 18.8 Å². The molecule has 0 spiro atoms. The molecule has 6 nitrogen and oxygen atoms in total. The summed E-state index contributed by atoms with van der Waals surface area (Å²) < 4.78 is 3.83. The Morgan fingerprint density at radius 1 is 1.29 bits per heavy atom. The van der Waals surface area contributed by atoms with Gasteiger partial charge >= 0.3 is 0 Å². The molecule has 1 unspecified atom stereocenters. The van der Waals surface area contributed by atoms with Crippen molar-refractivity contribution in [3.63, 3.8) is 0 Å². The van der Waals surface area contributed by atoms with E-state index in [-0.39, 0.29) is 11.9 Å². The average molecular weight is 323 g/mol. The Balaban J connectivity index is 1.58. The molecule has 1 fully saturated rings. The third-order valence-electron chi connectivity index (χ3n) is 4.63. The van der Waals surface area contributed by atoms with E-state index >= 15 is 0 Å². The number of pyridine rings is 1. The Labute approximate surface area is 140 Å². The molecule has 1 saturated heterocycles. The van der Waals surface area contributed by atoms with Gasteiger partial charge in [0.25, 0.3) is 5.91 Å². The number of carbonyl (C=O) groups is 1. The zero-order valence-electron chi connectivity index (χ0n) is 13.8. The van der Waals surface area contributed by atoms with E-state index in [4.69, 9.17) is 0 Å². The maximum atomic E-state index is 13.0. The number of aromatic nitrogens is 4. The van der Waals surface area contributed by atoms with Gasteiger partial charge in [0.1, 0.15) is 11.3 Å². The fourth-order valence-corrected chi connectivity index (χ4v) is 3.43. The van der Waals surface area contributed by atoms with Crippen LogP contribution in [0.3, 0.4) is 0 Å². The predicted octanol–water partition coefficient (Wildman–Crippen LogP) is 2.53. The third-order valence-corrected chi connectivity index (χ3v) is 4.63. The summed E-state index contributed by atoms with van der Waals surface area (Å²) in [6, 6.07) is 5.96. The SMILES string of the molecule is Cc1cnn(CC2CCCCN2C(=O)c2cn3ccccc3n2)c1. The van der Waals surface area contributed by atoms with Gasteiger partial charge in [-0.05, 0) is 43.9 Å². The van der Waals surface area contributed by atoms with Gasteiger partial charge in [0, 0.05) is 25.1 Å². The molecule has 1 aliphatic heterocycles. The van der Waals surface area contributed by atoms with E-state index in [1.165, 1.54) is 0 Å². The van der Waals surface area contributed by atoms with Crippen LogP contribution >= 0.6 is 0 Å². The molecule has 0 saturated carbocycles. The molecule has 124 valence electrons. The van der Waals surface area contributed by atoms with Crippen LogP contribution in [0.4, 0.5) is 0 Å². The smallest absolute Gasteiger partial charge is 0.274 e. The van der Waals surface area contributed by atoms with Crippen LogP contribution in [0.25, 0.3) is 5.65 Å². The van der Waals surface area contributed by atoms with E-state index in [1.54, 1.807) is 0 Å². The van der Waals surface area contributed by atoms with Crippen LogP contribution in [0.5, 0.6) is 0 Å². The highest BCUT2D eigenvalue weighted by atomic mass is 16.2. The zero-order chi connectivity index (χ0) is 16.5. The van der Waals surface area contributed by atoms with Crippen molar-refractivity contribution < 1.29 is 4.79 Å². The van der Waals surface area contributed by atoms with Crippen molar-refractivity contribution >= 4 is 11.6 Å². The van der Waals surface area contributed by atoms with E-state index < -0.39 is 0 Å². The lowest BCUT2D eigenvalue weighted by Crippen LogP contribution is -2.46. The highest BCUT2D eigenvalue weighted by Crippen LogP contribution is 2.21. The molecule has 1 atom stereocenters. The van der Waals surface area contributed by atoms with Crippen LogP contribution in [0.2, 0.25) is 0 Å². The molecule has 0 radical (unpaired) electrons. The van der Waals surface area contributed by atoms with E-state index in [1.807, 2.05) is 63.9 Å². The number of hydrogen-bond donors (Lipinski definition) is 0. The minimum Gasteiger partial charge on any atom is -0.332 e. The van der Waals surface area contributed by atoms with Gasteiger partial charge in [-0.2, -0.15) is 5.10 Å². The molecule has 0 bridgehead atoms. The van der Waals surface area contributed by atoms with Crippen LogP contribution in [-0.4, -0.2) is 42.6 Å². The summed E-state index contributed by atoms with van der Waals surface area (Å²) in [6.45, 7) is 3.56. The topological polar surface area (TPSA) is 55.4 Å². The molecule has 3 aromatic rings. The number of piperidine rings is 1. The second-order valence-corrected chi connectivity index (χ2v) is 6.48. The molecule has 3 aromatic heterocycles. The summed E-state index contributed by atoms with van der Waals surface area (Å²) in [6.07, 6.45) is 10.8. The van der Waals surface area contributed by atoms with Crippen molar-refractivity contribution in [3.8, 4) is 0 Å². The van der Waals surface area contributed by atoms with Gasteiger partial charge in [0.15, 0.2) is 0 Å². The fraction of sp³-hybridized carbons (Fsp3) is 0.389. The van der Waals surface area contributed by atoms with E-state index in [2.05, 4.69) is 10.1 Å². The van der Waals surface area contributed by atoms with E-state index in [0.717, 1.165) is 43.6 Å². The highest BCUT2D eigenvalue weighted by molar-refractivity contribution is 5.93. The highest BCUT2D eigenvalue weighted by Gasteiger charge is 2.29. The molecular formula is C18H21N5O. The third kappa shape index (κ3) is 2.79. The molecular weight excluding hydrogens is 302 g/mol. The number of amides is 1. The Kier molecular flexibility index (Phi) is 3.80. The van der Waals surface area contributed by atoms with Gasteiger partial charge in [-0.25, -0.2) is 4.98 Å². The summed E-state index contributed by atoms with van der Waals surface area (Å²) in [5, 5.41) is 4.37. The molecule has 4 rings (SSSR count). The van der Waals surface area contributed by atoms with Gasteiger partial charge in [-0.15, -0.1) is 0 Å². The first-order valence-electron chi connectivity index (χ1n) is 8.44. The lowest BCUT2D eigenvalue weighted by atomic mass is 10.0. The second kappa shape index (κ2) is 6.11. The molecule has 0 aliphatic carbocycles. The number of hydrogen-bond acceptors (Lipinski definition) is 3. The number of fused-ring (bicyclic) bond motifs is 1. The largest absolute Gasteiger partial charge is 0.332 e. The van der Waals surface area contributed by atoms with Crippen molar-refractivity contribution in [3.05, 3.63) is 54.2 Å². The lowest BCUT2D eigenvalue weighted by molar-refractivity contribution is 0.0578. The van der Waals surface area contributed by atoms with Gasteiger partial charge < -0.3 is 9.30 Å². The Hall–Kier alpha value is -2.63. The first kappa shape index (κ1) is 14.9. The molecule has 4 heterocycles. The molecule has 1 aliphatic rings. The van der Waals surface area contributed by atoms with Gasteiger partial charge in [0.2, 0.25) is 0 Å². The summed E-state index contributed by atoms with van der Waals surface area (Å²) in [5.74, 6) is 0.0206. The minimum atomic E-state index is 0.0206. The quantitative estimate of drug-likeness (QED) is 0.744. The van der Waals surface area contributed by atoms with Gasteiger partial charge in [-0.1, -0.05) is 6.07 Å². The number of imidazole rings is 1. The van der Waals surface area contributed by atoms with Crippen molar-refractivity contribution in [2.45, 2.75) is 38.8 Å². The Morgan fingerprint density at radius 2 is 2.21 bits per heavy atom. The van der Waals surface area contributed by atoms with E-state index in [0.29, 0.717) is 5.69 Å². The predicted molar refractivity (Wildman–Crippen MR) is 90.8 cm³/mol. The Morgan fingerprint density at radius 3 is 3.00 bits per heavy atom. The molecule has 1 amide bonds. The zero-order valence-corrected chi connectivity index (χ0v) is 13.8. The average Bonchev–Trinajstić information content (AvgIpc) is 3.20. The van der Waals surface area contributed by atoms with Crippen molar-refractivity contribution in [2.24, 2.45) is 0 Å². The normalized spacial score (nSPS) is 18.2. The van der Waals surface area contributed by atoms with Crippen LogP contribution in [0, 0.1) is 6.92 Å². The van der Waals surface area contributed by atoms with Crippen LogP contribution in [0.1, 0.15) is 35.3 Å². The Bertz CT molecular complexity index is 832. The standard InChI is InChI=1S/C18H21N5O/c1-14-10-19-22(11-14)12-15-6-2-5-9-23(15)18(24)16-13-21-8-4-3-7-17(21)20-16/h3-4,7-8,10-11,13,15H,2,5-6,9,12H2,1H3. The number of likely N-dealkylation sites (tertiary alicyclic amines) is 1. The number of nitrogens with zero attached hydrogens (tertiary/aromatic N) is 5. The molecule has 0 N–H and O–H groups in total. The summed E-state index contributed by atoms with van der Waals surface area (Å²) in [5.41, 5.74) is 2.46. The number of aryl methyl sites for hydroxylation is 1. The fourth-order valence-electron chi connectivity index (χ4n) is 3.43. The molecule has 0 aromatic carbocycles. The monoisotopic (exact) mass is 323 g/mol. The van der Waals surface area contributed by atoms with Crippen molar-refractivity contribution in [1.82, 2.24) is 24.1 Å². The maximum Gasteiger partial charge on any atom is 0.274 e. The lowest BCUT2D eigenvalue weighted by Gasteiger charge is -2.35. The summed E-state index contributed by atoms with van der Waals surface area (Å²) in [4.78, 5) is 19.5. The van der Waals surface area contributed by atoms with Crippen LogP contribution in [0.15, 0.2) is 43.0 Å². The molecule has 24 heavy (non-hydrogen) atoms. The summed E-state index contributed by atoms with van der Waals surface area (Å²) >= 11 is 0. The van der Waals surface area contributed by atoms with Crippen LogP contribution in [-0.2, 0) is 6.54 Å². The van der Waals surface area contributed by atoms with Crippen LogP contribution < -0.4 is 0 Å². The van der Waals surface area contributed by atoms with Gasteiger partial charge in [-0.3, -0.25) is 9.48 Å². The van der Waals surface area contributed by atoms with Crippen molar-refractivity contribution in [2.75, 3.05) is 6.54 Å². The molecule has 6 heteroatoms. The first-order valence-corrected chi connectivity index (χ1v) is 8.44. The van der Waals surface area contributed by atoms with Crippen molar-refractivity contribution in [1.29, 1.82) is 0 Å². The number of carbonyl (C=O) groups excluding carboxylic acids is 1.